The Kier molecular flexibility index (Phi) is 7.54. The molecule has 0 saturated heterocycles. The zero-order valence-electron chi connectivity index (χ0n) is 13.7. The highest BCUT2D eigenvalue weighted by molar-refractivity contribution is 14.0. The van der Waals surface area contributed by atoms with Gasteiger partial charge in [0, 0.05) is 31.9 Å². The van der Waals surface area contributed by atoms with Crippen LogP contribution in [0.3, 0.4) is 0 Å². The van der Waals surface area contributed by atoms with Crippen molar-refractivity contribution in [1.82, 2.24) is 20.4 Å². The maximum atomic E-state index is 4.43. The molecule has 0 radical (unpaired) electrons. The minimum atomic E-state index is 0. The molecule has 0 aliphatic rings. The molecule has 2 N–H and O–H groups in total. The molecular weight excluding hydrogens is 365 g/mol. The van der Waals surface area contributed by atoms with Gasteiger partial charge in [0.2, 0.25) is 0 Å². The number of aromatic nitrogens is 2. The third kappa shape index (κ3) is 5.68. The minimum Gasteiger partial charge on any atom is -0.356 e. The number of rotatable bonds is 3. The predicted octanol–water partition coefficient (Wildman–Crippen LogP) is 2.16. The smallest absolute Gasteiger partial charge is 0.191 e. The molecule has 5 nitrogen and oxygen atoms in total. The van der Waals surface area contributed by atoms with Crippen LogP contribution in [0.15, 0.2) is 4.99 Å². The van der Waals surface area contributed by atoms with Crippen LogP contribution in [0.2, 0.25) is 0 Å². The number of aliphatic imine (C=N–C) groups is 1. The van der Waals surface area contributed by atoms with Gasteiger partial charge in [-0.2, -0.15) is 5.10 Å². The first-order chi connectivity index (χ1) is 8.74. The lowest BCUT2D eigenvalue weighted by atomic mass is 10.1. The van der Waals surface area contributed by atoms with Crippen molar-refractivity contribution in [1.29, 1.82) is 0 Å². The molecule has 0 saturated carbocycles. The van der Waals surface area contributed by atoms with E-state index in [9.17, 15) is 0 Å². The van der Waals surface area contributed by atoms with Crippen molar-refractivity contribution < 1.29 is 0 Å². The quantitative estimate of drug-likeness (QED) is 0.470. The summed E-state index contributed by atoms with van der Waals surface area (Å²) in [6.07, 6.45) is 0.955. The van der Waals surface area contributed by atoms with Crippen molar-refractivity contribution in [2.75, 3.05) is 13.6 Å². The Morgan fingerprint density at radius 3 is 2.30 bits per heavy atom. The Bertz CT molecular complexity index is 457. The molecule has 0 spiro atoms. The molecule has 1 aromatic heterocycles. The van der Waals surface area contributed by atoms with Crippen molar-refractivity contribution in [2.45, 2.75) is 46.6 Å². The van der Waals surface area contributed by atoms with E-state index in [1.54, 1.807) is 7.05 Å². The molecule has 0 atom stereocenters. The van der Waals surface area contributed by atoms with Crippen LogP contribution in [0, 0.1) is 13.8 Å². The Balaban J connectivity index is 0.00000361. The van der Waals surface area contributed by atoms with Crippen LogP contribution in [0.25, 0.3) is 0 Å². The van der Waals surface area contributed by atoms with E-state index in [0.717, 1.165) is 24.6 Å². The van der Waals surface area contributed by atoms with Gasteiger partial charge >= 0.3 is 0 Å². The number of nitrogens with one attached hydrogen (secondary N) is 2. The topological polar surface area (TPSA) is 54.2 Å². The number of hydrogen-bond donors (Lipinski definition) is 2. The van der Waals surface area contributed by atoms with E-state index in [1.165, 1.54) is 11.3 Å². The first-order valence-corrected chi connectivity index (χ1v) is 6.72. The number of guanidine groups is 1. The van der Waals surface area contributed by atoms with Crippen LogP contribution in [0.4, 0.5) is 0 Å². The van der Waals surface area contributed by atoms with Crippen LogP contribution in [0.5, 0.6) is 0 Å². The third-order valence-corrected chi connectivity index (χ3v) is 3.04. The maximum absolute atomic E-state index is 4.43. The Morgan fingerprint density at radius 2 is 1.90 bits per heavy atom. The number of hydrogen-bond acceptors (Lipinski definition) is 2. The highest BCUT2D eigenvalue weighted by atomic mass is 127. The average Bonchev–Trinajstić information content (AvgIpc) is 2.52. The largest absolute Gasteiger partial charge is 0.356 e. The molecule has 6 heteroatoms. The standard InChI is InChI=1S/C14H27N5.HI/c1-10-12(11(2)19(7)18-10)8-9-16-13(15-6)17-14(3,4)5;/h8-9H2,1-7H3,(H2,15,16,17);1H. The lowest BCUT2D eigenvalue weighted by molar-refractivity contribution is 0.501. The zero-order valence-corrected chi connectivity index (χ0v) is 16.0. The van der Waals surface area contributed by atoms with Gasteiger partial charge in [0.15, 0.2) is 5.96 Å². The lowest BCUT2D eigenvalue weighted by Crippen LogP contribution is -2.48. The van der Waals surface area contributed by atoms with Gasteiger partial charge in [-0.05, 0) is 46.6 Å². The molecule has 0 amide bonds. The van der Waals surface area contributed by atoms with Gasteiger partial charge in [0.1, 0.15) is 0 Å². The number of halogens is 1. The Hall–Kier alpha value is -0.790. The van der Waals surface area contributed by atoms with Crippen molar-refractivity contribution in [3.8, 4) is 0 Å². The molecule has 0 bridgehead atoms. The van der Waals surface area contributed by atoms with Gasteiger partial charge in [-0.25, -0.2) is 0 Å². The molecule has 1 heterocycles. The fourth-order valence-electron chi connectivity index (χ4n) is 2.02. The summed E-state index contributed by atoms with van der Waals surface area (Å²) in [6, 6.07) is 0. The van der Waals surface area contributed by atoms with Gasteiger partial charge in [-0.15, -0.1) is 24.0 Å². The summed E-state index contributed by atoms with van der Waals surface area (Å²) in [7, 11) is 3.78. The van der Waals surface area contributed by atoms with Gasteiger partial charge < -0.3 is 10.6 Å². The van der Waals surface area contributed by atoms with Crippen molar-refractivity contribution in [2.24, 2.45) is 12.0 Å². The van der Waals surface area contributed by atoms with Crippen LogP contribution in [-0.4, -0.2) is 34.9 Å². The van der Waals surface area contributed by atoms with E-state index < -0.39 is 0 Å². The molecule has 20 heavy (non-hydrogen) atoms. The fraction of sp³-hybridized carbons (Fsp3) is 0.714. The molecule has 1 rings (SSSR count). The molecule has 1 aromatic rings. The summed E-state index contributed by atoms with van der Waals surface area (Å²) in [5, 5.41) is 11.1. The Labute approximate surface area is 139 Å². The SMILES string of the molecule is CN=C(NCCc1c(C)nn(C)c1C)NC(C)(C)C.I. The van der Waals surface area contributed by atoms with Gasteiger partial charge in [-0.3, -0.25) is 9.67 Å². The first kappa shape index (κ1) is 19.2. The second kappa shape index (κ2) is 7.85. The van der Waals surface area contributed by atoms with E-state index in [-0.39, 0.29) is 29.5 Å². The van der Waals surface area contributed by atoms with E-state index in [4.69, 9.17) is 0 Å². The van der Waals surface area contributed by atoms with Crippen LogP contribution >= 0.6 is 24.0 Å². The van der Waals surface area contributed by atoms with Crippen LogP contribution in [0.1, 0.15) is 37.7 Å². The van der Waals surface area contributed by atoms with Crippen molar-refractivity contribution in [3.05, 3.63) is 17.0 Å². The van der Waals surface area contributed by atoms with E-state index in [2.05, 4.69) is 55.3 Å². The predicted molar refractivity (Wildman–Crippen MR) is 96.1 cm³/mol. The molecule has 0 aliphatic carbocycles. The van der Waals surface area contributed by atoms with Gasteiger partial charge in [-0.1, -0.05) is 0 Å². The fourth-order valence-corrected chi connectivity index (χ4v) is 2.02. The second-order valence-electron chi connectivity index (χ2n) is 5.90. The highest BCUT2D eigenvalue weighted by Crippen LogP contribution is 2.11. The maximum Gasteiger partial charge on any atom is 0.191 e. The molecule has 116 valence electrons. The summed E-state index contributed by atoms with van der Waals surface area (Å²) in [6.45, 7) is 11.4. The zero-order chi connectivity index (χ0) is 14.6. The minimum absolute atomic E-state index is 0. The molecule has 0 unspecified atom stereocenters. The third-order valence-electron chi connectivity index (χ3n) is 3.04. The van der Waals surface area contributed by atoms with Crippen molar-refractivity contribution in [3.63, 3.8) is 0 Å². The summed E-state index contributed by atoms with van der Waals surface area (Å²) in [5.74, 6) is 0.840. The summed E-state index contributed by atoms with van der Waals surface area (Å²) in [5.41, 5.74) is 3.68. The van der Waals surface area contributed by atoms with Crippen LogP contribution in [-0.2, 0) is 13.5 Å². The first-order valence-electron chi connectivity index (χ1n) is 6.72. The molecule has 0 aliphatic heterocycles. The van der Waals surface area contributed by atoms with E-state index in [1.807, 2.05) is 11.7 Å². The number of nitrogens with zero attached hydrogens (tertiary/aromatic N) is 3. The highest BCUT2D eigenvalue weighted by Gasteiger charge is 2.12. The van der Waals surface area contributed by atoms with Gasteiger partial charge in [0.25, 0.3) is 0 Å². The van der Waals surface area contributed by atoms with E-state index in [0.29, 0.717) is 0 Å². The normalized spacial score (nSPS) is 12.1. The van der Waals surface area contributed by atoms with E-state index >= 15 is 0 Å². The molecule has 0 aromatic carbocycles. The van der Waals surface area contributed by atoms with Crippen molar-refractivity contribution >= 4 is 29.9 Å². The van der Waals surface area contributed by atoms with Gasteiger partial charge in [0.05, 0.1) is 5.69 Å². The molecular formula is C14H28IN5. The average molecular weight is 393 g/mol. The Morgan fingerprint density at radius 1 is 1.30 bits per heavy atom. The molecule has 0 fully saturated rings. The summed E-state index contributed by atoms with van der Waals surface area (Å²) in [4.78, 5) is 4.23. The monoisotopic (exact) mass is 393 g/mol. The van der Waals surface area contributed by atoms with Crippen LogP contribution < -0.4 is 10.6 Å². The number of aryl methyl sites for hydroxylation is 2. The lowest BCUT2D eigenvalue weighted by Gasteiger charge is -2.23. The second-order valence-corrected chi connectivity index (χ2v) is 5.90. The summed E-state index contributed by atoms with van der Waals surface area (Å²) < 4.78 is 1.94. The summed E-state index contributed by atoms with van der Waals surface area (Å²) >= 11 is 0.